The molecule has 0 radical (unpaired) electrons. The van der Waals surface area contributed by atoms with E-state index < -0.39 is 0 Å². The summed E-state index contributed by atoms with van der Waals surface area (Å²) in [5.74, 6) is 0.897. The molecule has 1 fully saturated rings. The number of guanidine groups is 1. The SMILES string of the molecule is CCNC(=NCC1(c2ccccc2)CCC1)NCCc1cn2ccccc2n1.I. The number of hydrogen-bond acceptors (Lipinski definition) is 2. The Morgan fingerprint density at radius 3 is 2.59 bits per heavy atom. The highest BCUT2D eigenvalue weighted by Crippen LogP contribution is 2.43. The highest BCUT2D eigenvalue weighted by Gasteiger charge is 2.38. The maximum atomic E-state index is 4.93. The maximum absolute atomic E-state index is 4.93. The molecule has 6 heteroatoms. The van der Waals surface area contributed by atoms with Gasteiger partial charge in [0.05, 0.1) is 12.2 Å². The van der Waals surface area contributed by atoms with E-state index in [-0.39, 0.29) is 29.4 Å². The maximum Gasteiger partial charge on any atom is 0.191 e. The van der Waals surface area contributed by atoms with Gasteiger partial charge in [-0.1, -0.05) is 42.8 Å². The molecule has 3 aromatic rings. The summed E-state index contributed by atoms with van der Waals surface area (Å²) in [5.41, 5.74) is 3.72. The largest absolute Gasteiger partial charge is 0.357 e. The van der Waals surface area contributed by atoms with Gasteiger partial charge in [0.1, 0.15) is 5.65 Å². The first kappa shape index (κ1) is 21.6. The van der Waals surface area contributed by atoms with E-state index in [4.69, 9.17) is 4.99 Å². The molecule has 1 saturated carbocycles. The summed E-state index contributed by atoms with van der Waals surface area (Å²) in [6, 6.07) is 16.9. The standard InChI is InChI=1S/C23H29N5.HI/c1-2-24-22(25-15-12-20-17-28-16-7-6-11-21(28)27-20)26-18-23(13-8-14-23)19-9-4-3-5-10-19;/h3-7,9-11,16-17H,2,8,12-15,18H2,1H3,(H2,24,25,26);1H. The van der Waals surface area contributed by atoms with E-state index in [1.165, 1.54) is 24.8 Å². The van der Waals surface area contributed by atoms with Crippen molar-refractivity contribution in [1.82, 2.24) is 20.0 Å². The van der Waals surface area contributed by atoms with Crippen LogP contribution in [-0.4, -0.2) is 35.0 Å². The molecule has 2 heterocycles. The molecule has 29 heavy (non-hydrogen) atoms. The summed E-state index contributed by atoms with van der Waals surface area (Å²) in [6.45, 7) is 4.61. The number of pyridine rings is 1. The first-order valence-electron chi connectivity index (χ1n) is 10.3. The van der Waals surface area contributed by atoms with Crippen molar-refractivity contribution in [3.63, 3.8) is 0 Å². The van der Waals surface area contributed by atoms with Crippen LogP contribution in [0, 0.1) is 0 Å². The van der Waals surface area contributed by atoms with Crippen molar-refractivity contribution < 1.29 is 0 Å². The molecular formula is C23H30IN5. The van der Waals surface area contributed by atoms with E-state index in [2.05, 4.69) is 63.5 Å². The molecule has 0 unspecified atom stereocenters. The van der Waals surface area contributed by atoms with Gasteiger partial charge in [0, 0.05) is 37.3 Å². The molecule has 1 aliphatic rings. The Hall–Kier alpha value is -2.09. The number of fused-ring (bicyclic) bond motifs is 1. The first-order valence-corrected chi connectivity index (χ1v) is 10.3. The van der Waals surface area contributed by atoms with Crippen LogP contribution in [0.15, 0.2) is 65.9 Å². The molecule has 0 aliphatic heterocycles. The average molecular weight is 503 g/mol. The molecule has 2 N–H and O–H groups in total. The third kappa shape index (κ3) is 5.10. The zero-order valence-electron chi connectivity index (χ0n) is 17.0. The Balaban J connectivity index is 0.00000240. The van der Waals surface area contributed by atoms with E-state index in [0.29, 0.717) is 0 Å². The zero-order valence-corrected chi connectivity index (χ0v) is 19.3. The molecule has 154 valence electrons. The number of benzene rings is 1. The quantitative estimate of drug-likeness (QED) is 0.289. The van der Waals surface area contributed by atoms with Gasteiger partial charge in [-0.15, -0.1) is 24.0 Å². The second-order valence-corrected chi connectivity index (χ2v) is 7.57. The zero-order chi connectivity index (χ0) is 19.2. The van der Waals surface area contributed by atoms with Gasteiger partial charge in [-0.25, -0.2) is 4.98 Å². The highest BCUT2D eigenvalue weighted by molar-refractivity contribution is 14.0. The van der Waals surface area contributed by atoms with Gasteiger partial charge in [-0.3, -0.25) is 4.99 Å². The Labute approximate surface area is 190 Å². The van der Waals surface area contributed by atoms with Crippen LogP contribution in [0.25, 0.3) is 5.65 Å². The highest BCUT2D eigenvalue weighted by atomic mass is 127. The number of halogens is 1. The van der Waals surface area contributed by atoms with Gasteiger partial charge in [0.2, 0.25) is 0 Å². The van der Waals surface area contributed by atoms with E-state index in [1.807, 2.05) is 24.4 Å². The third-order valence-corrected chi connectivity index (χ3v) is 5.67. The van der Waals surface area contributed by atoms with Gasteiger partial charge in [0.25, 0.3) is 0 Å². The van der Waals surface area contributed by atoms with Crippen molar-refractivity contribution in [2.45, 2.75) is 38.0 Å². The molecule has 1 aromatic carbocycles. The molecule has 4 rings (SSSR count). The predicted molar refractivity (Wildman–Crippen MR) is 130 cm³/mol. The fraction of sp³-hybridized carbons (Fsp3) is 0.391. The van der Waals surface area contributed by atoms with Gasteiger partial charge in [-0.05, 0) is 37.5 Å². The summed E-state index contributed by atoms with van der Waals surface area (Å²) in [6.07, 6.45) is 8.74. The van der Waals surface area contributed by atoms with Crippen molar-refractivity contribution in [2.24, 2.45) is 4.99 Å². The van der Waals surface area contributed by atoms with Crippen molar-refractivity contribution in [3.8, 4) is 0 Å². The monoisotopic (exact) mass is 503 g/mol. The number of rotatable bonds is 7. The molecule has 0 atom stereocenters. The molecule has 5 nitrogen and oxygen atoms in total. The van der Waals surface area contributed by atoms with Gasteiger partial charge in [-0.2, -0.15) is 0 Å². The summed E-state index contributed by atoms with van der Waals surface area (Å²) in [4.78, 5) is 9.59. The molecule has 0 amide bonds. The van der Waals surface area contributed by atoms with Crippen molar-refractivity contribution in [2.75, 3.05) is 19.6 Å². The fourth-order valence-corrected chi connectivity index (χ4v) is 3.92. The lowest BCUT2D eigenvalue weighted by atomic mass is 9.64. The average Bonchev–Trinajstić information content (AvgIpc) is 3.11. The number of aliphatic imine (C=N–C) groups is 1. The minimum atomic E-state index is 0. The number of aromatic nitrogens is 2. The summed E-state index contributed by atoms with van der Waals surface area (Å²) in [7, 11) is 0. The Morgan fingerprint density at radius 2 is 1.90 bits per heavy atom. The van der Waals surface area contributed by atoms with Gasteiger partial charge < -0.3 is 15.0 Å². The number of nitrogens with zero attached hydrogens (tertiary/aromatic N) is 3. The molecule has 0 spiro atoms. The molecular weight excluding hydrogens is 473 g/mol. The summed E-state index contributed by atoms with van der Waals surface area (Å²) < 4.78 is 2.06. The smallest absolute Gasteiger partial charge is 0.191 e. The van der Waals surface area contributed by atoms with Crippen LogP contribution in [0.3, 0.4) is 0 Å². The van der Waals surface area contributed by atoms with Crippen LogP contribution < -0.4 is 10.6 Å². The van der Waals surface area contributed by atoms with Crippen LogP contribution in [0.2, 0.25) is 0 Å². The Kier molecular flexibility index (Phi) is 7.52. The third-order valence-electron chi connectivity index (χ3n) is 5.67. The molecule has 0 saturated heterocycles. The normalized spacial score (nSPS) is 15.4. The van der Waals surface area contributed by atoms with Crippen LogP contribution >= 0.6 is 24.0 Å². The van der Waals surface area contributed by atoms with Crippen molar-refractivity contribution >= 4 is 35.6 Å². The van der Waals surface area contributed by atoms with Crippen LogP contribution in [0.1, 0.15) is 37.4 Å². The summed E-state index contributed by atoms with van der Waals surface area (Å²) >= 11 is 0. The fourth-order valence-electron chi connectivity index (χ4n) is 3.92. The van der Waals surface area contributed by atoms with E-state index in [1.54, 1.807) is 0 Å². The molecule has 2 aromatic heterocycles. The second kappa shape index (κ2) is 10.1. The molecule has 1 aliphatic carbocycles. The topological polar surface area (TPSA) is 53.7 Å². The molecule has 0 bridgehead atoms. The van der Waals surface area contributed by atoms with Crippen molar-refractivity contribution in [1.29, 1.82) is 0 Å². The number of imidazole rings is 1. The van der Waals surface area contributed by atoms with Crippen LogP contribution in [0.4, 0.5) is 0 Å². The Bertz CT molecular complexity index is 898. The predicted octanol–water partition coefficient (Wildman–Crippen LogP) is 4.17. The number of hydrogen-bond donors (Lipinski definition) is 2. The lowest BCUT2D eigenvalue weighted by molar-refractivity contribution is 0.253. The first-order chi connectivity index (χ1) is 13.8. The lowest BCUT2D eigenvalue weighted by Crippen LogP contribution is -2.42. The lowest BCUT2D eigenvalue weighted by Gasteiger charge is -2.41. The second-order valence-electron chi connectivity index (χ2n) is 7.57. The minimum Gasteiger partial charge on any atom is -0.357 e. The van der Waals surface area contributed by atoms with E-state index >= 15 is 0 Å². The van der Waals surface area contributed by atoms with Crippen LogP contribution in [0.5, 0.6) is 0 Å². The van der Waals surface area contributed by atoms with E-state index in [9.17, 15) is 0 Å². The number of nitrogens with one attached hydrogen (secondary N) is 2. The van der Waals surface area contributed by atoms with Crippen LogP contribution in [-0.2, 0) is 11.8 Å². The van der Waals surface area contributed by atoms with Gasteiger partial charge in [0.15, 0.2) is 5.96 Å². The summed E-state index contributed by atoms with van der Waals surface area (Å²) in [5, 5.41) is 6.86. The van der Waals surface area contributed by atoms with Crippen molar-refractivity contribution in [3.05, 3.63) is 72.2 Å². The van der Waals surface area contributed by atoms with Gasteiger partial charge >= 0.3 is 0 Å². The minimum absolute atomic E-state index is 0. The van der Waals surface area contributed by atoms with E-state index in [0.717, 1.165) is 43.4 Å². The Morgan fingerprint density at radius 1 is 1.10 bits per heavy atom.